The maximum absolute atomic E-state index is 13.2. The summed E-state index contributed by atoms with van der Waals surface area (Å²) in [5.41, 5.74) is 1.90. The second-order valence-electron chi connectivity index (χ2n) is 8.18. The zero-order valence-corrected chi connectivity index (χ0v) is 21.1. The van der Waals surface area contributed by atoms with Crippen LogP contribution in [-0.2, 0) is 29.5 Å². The lowest BCUT2D eigenvalue weighted by molar-refractivity contribution is -0.00799. The highest BCUT2D eigenvalue weighted by Gasteiger charge is 2.29. The molecular weight excluding hydrogens is 480 g/mol. The molecule has 2 aromatic rings. The molecule has 0 spiro atoms. The summed E-state index contributed by atoms with van der Waals surface area (Å²) in [4.78, 5) is 0.330. The molecule has 1 fully saturated rings. The Morgan fingerprint density at radius 1 is 0.765 bits per heavy atom. The zero-order valence-electron chi connectivity index (χ0n) is 19.5. The molecule has 0 aromatic heterocycles. The Labute approximate surface area is 202 Å². The summed E-state index contributed by atoms with van der Waals surface area (Å²) < 4.78 is 66.5. The van der Waals surface area contributed by atoms with Crippen molar-refractivity contribution in [2.24, 2.45) is 0 Å². The number of ether oxygens (including phenoxy) is 2. The summed E-state index contributed by atoms with van der Waals surface area (Å²) in [5.74, 6) is 0. The molecule has 0 amide bonds. The summed E-state index contributed by atoms with van der Waals surface area (Å²) in [7, 11) is -7.59. The van der Waals surface area contributed by atoms with Gasteiger partial charge in [0, 0.05) is 26.2 Å². The highest BCUT2D eigenvalue weighted by atomic mass is 32.2. The number of hydrogen-bond acceptors (Lipinski definition) is 7. The number of sulfonamides is 2. The van der Waals surface area contributed by atoms with Gasteiger partial charge in [-0.1, -0.05) is 35.4 Å². The van der Waals surface area contributed by atoms with Crippen LogP contribution in [0.1, 0.15) is 11.1 Å². The van der Waals surface area contributed by atoms with Crippen LogP contribution in [0.25, 0.3) is 0 Å². The Hall–Kier alpha value is -1.86. The molecule has 3 rings (SSSR count). The maximum atomic E-state index is 13.2. The fourth-order valence-corrected chi connectivity index (χ4v) is 6.39. The molecule has 0 saturated carbocycles. The molecule has 2 aromatic carbocycles. The number of aliphatic hydroxyl groups is 1. The van der Waals surface area contributed by atoms with Crippen LogP contribution in [0.3, 0.4) is 0 Å². The summed E-state index contributed by atoms with van der Waals surface area (Å²) in [5, 5.41) is 9.81. The van der Waals surface area contributed by atoms with Crippen molar-refractivity contribution in [3.05, 3.63) is 59.7 Å². The Morgan fingerprint density at radius 3 is 1.71 bits per heavy atom. The van der Waals surface area contributed by atoms with E-state index in [1.165, 1.54) is 8.61 Å². The van der Waals surface area contributed by atoms with Crippen molar-refractivity contribution in [3.8, 4) is 0 Å². The van der Waals surface area contributed by atoms with Crippen molar-refractivity contribution in [1.82, 2.24) is 8.61 Å². The van der Waals surface area contributed by atoms with Gasteiger partial charge < -0.3 is 14.6 Å². The van der Waals surface area contributed by atoms with Gasteiger partial charge >= 0.3 is 0 Å². The second kappa shape index (κ2) is 11.7. The number of benzene rings is 2. The van der Waals surface area contributed by atoms with Crippen LogP contribution in [0.5, 0.6) is 0 Å². The number of hydrogen-bond donors (Lipinski definition) is 1. The Kier molecular flexibility index (Phi) is 9.21. The molecule has 0 aliphatic carbocycles. The fourth-order valence-electron chi connectivity index (χ4n) is 3.53. The summed E-state index contributed by atoms with van der Waals surface area (Å²) in [6.45, 7) is 3.61. The third kappa shape index (κ3) is 6.63. The lowest BCUT2D eigenvalue weighted by Crippen LogP contribution is -2.44. The molecule has 1 aliphatic heterocycles. The van der Waals surface area contributed by atoms with E-state index >= 15 is 0 Å². The SMILES string of the molecule is Cc1ccc(S(=O)(=O)N2CCOCCN(S(=O)(=O)c3ccc(C)cc3)C[C@@H](CO)OCC2)cc1. The molecule has 1 heterocycles. The van der Waals surface area contributed by atoms with E-state index in [1.807, 2.05) is 13.8 Å². The van der Waals surface area contributed by atoms with E-state index in [1.54, 1.807) is 48.5 Å². The van der Waals surface area contributed by atoms with Crippen LogP contribution in [-0.4, -0.2) is 89.3 Å². The predicted octanol–water partition coefficient (Wildman–Crippen LogP) is 1.39. The van der Waals surface area contributed by atoms with E-state index in [-0.39, 0.29) is 55.8 Å². The smallest absolute Gasteiger partial charge is 0.243 e. The first-order valence-electron chi connectivity index (χ1n) is 11.1. The van der Waals surface area contributed by atoms with Gasteiger partial charge in [-0.2, -0.15) is 8.61 Å². The Morgan fingerprint density at radius 2 is 1.21 bits per heavy atom. The van der Waals surface area contributed by atoms with Gasteiger partial charge in [-0.25, -0.2) is 16.8 Å². The number of aryl methyl sites for hydroxylation is 2. The summed E-state index contributed by atoms with van der Waals surface area (Å²) in [6, 6.07) is 13.1. The normalized spacial score (nSPS) is 20.4. The minimum absolute atomic E-state index is 0.00522. The van der Waals surface area contributed by atoms with Crippen LogP contribution in [0.4, 0.5) is 0 Å². The van der Waals surface area contributed by atoms with Crippen molar-refractivity contribution in [1.29, 1.82) is 0 Å². The Bertz CT molecular complexity index is 1130. The molecule has 1 saturated heterocycles. The molecule has 9 nitrogen and oxygen atoms in total. The number of nitrogens with zero attached hydrogens (tertiary/aromatic N) is 2. The Balaban J connectivity index is 1.75. The standard InChI is InChI=1S/C23H32N2O7S2/c1-19-3-7-22(8-4-19)33(27,28)24-11-14-31-15-12-25(17-21(18-26)32-16-13-24)34(29,30)23-9-5-20(2)6-10-23/h3-10,21,26H,11-18H2,1-2H3/t21-/m0/s1. The van der Waals surface area contributed by atoms with Gasteiger partial charge in [0.2, 0.25) is 20.0 Å². The summed E-state index contributed by atoms with van der Waals surface area (Å²) in [6.07, 6.45) is -0.816. The maximum Gasteiger partial charge on any atom is 0.243 e. The van der Waals surface area contributed by atoms with E-state index in [2.05, 4.69) is 0 Å². The van der Waals surface area contributed by atoms with Gasteiger partial charge in [0.05, 0.1) is 42.3 Å². The largest absolute Gasteiger partial charge is 0.394 e. The first kappa shape index (κ1) is 26.7. The molecule has 0 unspecified atom stereocenters. The van der Waals surface area contributed by atoms with Crippen LogP contribution in [0.15, 0.2) is 58.3 Å². The third-order valence-electron chi connectivity index (χ3n) is 5.59. The minimum Gasteiger partial charge on any atom is -0.394 e. The molecule has 188 valence electrons. The highest BCUT2D eigenvalue weighted by molar-refractivity contribution is 7.89. The van der Waals surface area contributed by atoms with Crippen LogP contribution in [0.2, 0.25) is 0 Å². The van der Waals surface area contributed by atoms with Crippen molar-refractivity contribution in [3.63, 3.8) is 0 Å². The average Bonchev–Trinajstić information content (AvgIpc) is 2.79. The highest BCUT2D eigenvalue weighted by Crippen LogP contribution is 2.19. The molecular formula is C23H32N2O7S2. The van der Waals surface area contributed by atoms with E-state index in [4.69, 9.17) is 9.47 Å². The predicted molar refractivity (Wildman–Crippen MR) is 128 cm³/mol. The van der Waals surface area contributed by atoms with Crippen molar-refractivity contribution in [2.45, 2.75) is 29.7 Å². The molecule has 1 aliphatic rings. The van der Waals surface area contributed by atoms with Crippen LogP contribution >= 0.6 is 0 Å². The van der Waals surface area contributed by atoms with Crippen LogP contribution in [0, 0.1) is 13.8 Å². The molecule has 1 N–H and O–H groups in total. The third-order valence-corrected chi connectivity index (χ3v) is 9.38. The van der Waals surface area contributed by atoms with E-state index < -0.39 is 32.8 Å². The van der Waals surface area contributed by atoms with Gasteiger partial charge in [0.25, 0.3) is 0 Å². The first-order chi connectivity index (χ1) is 16.1. The molecule has 1 atom stereocenters. The van der Waals surface area contributed by atoms with E-state index in [9.17, 15) is 21.9 Å². The van der Waals surface area contributed by atoms with Gasteiger partial charge in [-0.05, 0) is 38.1 Å². The van der Waals surface area contributed by atoms with Gasteiger partial charge in [0.1, 0.15) is 0 Å². The topological polar surface area (TPSA) is 113 Å². The van der Waals surface area contributed by atoms with Crippen molar-refractivity contribution < 1.29 is 31.4 Å². The zero-order chi connectivity index (χ0) is 24.8. The first-order valence-corrected chi connectivity index (χ1v) is 14.0. The van der Waals surface area contributed by atoms with Gasteiger partial charge in [0.15, 0.2) is 0 Å². The monoisotopic (exact) mass is 512 g/mol. The quantitative estimate of drug-likeness (QED) is 0.644. The molecule has 11 heteroatoms. The minimum atomic E-state index is -3.83. The molecule has 0 bridgehead atoms. The van der Waals surface area contributed by atoms with Crippen LogP contribution < -0.4 is 0 Å². The lowest BCUT2D eigenvalue weighted by atomic mass is 10.2. The van der Waals surface area contributed by atoms with E-state index in [0.29, 0.717) is 0 Å². The lowest BCUT2D eigenvalue weighted by Gasteiger charge is -2.29. The van der Waals surface area contributed by atoms with E-state index in [0.717, 1.165) is 11.1 Å². The molecule has 0 radical (unpaired) electrons. The number of rotatable bonds is 5. The average molecular weight is 513 g/mol. The number of aliphatic hydroxyl groups excluding tert-OH is 1. The molecule has 34 heavy (non-hydrogen) atoms. The second-order valence-corrected chi connectivity index (χ2v) is 12.1. The van der Waals surface area contributed by atoms with Gasteiger partial charge in [-0.15, -0.1) is 0 Å². The van der Waals surface area contributed by atoms with Gasteiger partial charge in [-0.3, -0.25) is 0 Å². The fraction of sp³-hybridized carbons (Fsp3) is 0.478. The van der Waals surface area contributed by atoms with Crippen molar-refractivity contribution in [2.75, 3.05) is 52.6 Å². The van der Waals surface area contributed by atoms with Crippen molar-refractivity contribution >= 4 is 20.0 Å². The summed E-state index contributed by atoms with van der Waals surface area (Å²) >= 11 is 0.